The van der Waals surface area contributed by atoms with Crippen molar-refractivity contribution in [3.63, 3.8) is 0 Å². The lowest BCUT2D eigenvalue weighted by molar-refractivity contribution is 0.210. The van der Waals surface area contributed by atoms with Crippen LogP contribution in [0.5, 0.6) is 11.6 Å². The van der Waals surface area contributed by atoms with E-state index in [1.54, 1.807) is 37.4 Å². The first-order valence-electron chi connectivity index (χ1n) is 9.10. The fourth-order valence-corrected chi connectivity index (χ4v) is 2.43. The first-order chi connectivity index (χ1) is 14.1. The number of methoxy groups -OCH3 is 1. The molecule has 1 heterocycles. The molecule has 3 rings (SSSR count). The van der Waals surface area contributed by atoms with Gasteiger partial charge in [-0.3, -0.25) is 0 Å². The van der Waals surface area contributed by atoms with Crippen LogP contribution < -0.4 is 20.7 Å². The lowest BCUT2D eigenvalue weighted by atomic mass is 10.2. The standard InChI is InChI=1S/C21H23N5O3/c1-15-3-5-16(6-4-15)25-21(27)26-17-7-9-18(10-8-17)29-20-13-19(23-14-24-20)22-11-12-28-2/h3-10,13-14H,11-12H2,1-2H3,(H,22,23,24)(H2,25,26,27). The third kappa shape index (κ3) is 6.47. The topological polar surface area (TPSA) is 97.4 Å². The number of carbonyl (C=O) groups is 1. The summed E-state index contributed by atoms with van der Waals surface area (Å²) in [5.74, 6) is 1.66. The predicted octanol–water partition coefficient (Wildman–Crippen LogP) is 4.28. The molecule has 0 saturated heterocycles. The van der Waals surface area contributed by atoms with Crippen LogP contribution in [-0.4, -0.2) is 36.3 Å². The van der Waals surface area contributed by atoms with Gasteiger partial charge in [-0.05, 0) is 43.3 Å². The van der Waals surface area contributed by atoms with E-state index in [1.807, 2.05) is 31.2 Å². The Hall–Kier alpha value is -3.65. The Balaban J connectivity index is 1.54. The number of amides is 2. The zero-order valence-electron chi connectivity index (χ0n) is 16.3. The van der Waals surface area contributed by atoms with Gasteiger partial charge in [0.2, 0.25) is 5.88 Å². The minimum Gasteiger partial charge on any atom is -0.439 e. The summed E-state index contributed by atoms with van der Waals surface area (Å²) in [6.07, 6.45) is 1.43. The number of hydrogen-bond acceptors (Lipinski definition) is 6. The third-order valence-electron chi connectivity index (χ3n) is 3.90. The van der Waals surface area contributed by atoms with Gasteiger partial charge in [0.25, 0.3) is 0 Å². The maximum atomic E-state index is 12.1. The molecule has 2 aromatic carbocycles. The fourth-order valence-electron chi connectivity index (χ4n) is 2.43. The highest BCUT2D eigenvalue weighted by atomic mass is 16.5. The molecular formula is C21H23N5O3. The molecule has 0 bridgehead atoms. The summed E-state index contributed by atoms with van der Waals surface area (Å²) in [5, 5.41) is 8.68. The maximum Gasteiger partial charge on any atom is 0.323 e. The van der Waals surface area contributed by atoms with Crippen molar-refractivity contribution in [2.24, 2.45) is 0 Å². The highest BCUT2D eigenvalue weighted by Crippen LogP contribution is 2.22. The number of carbonyl (C=O) groups excluding carboxylic acids is 1. The second-order valence-electron chi connectivity index (χ2n) is 6.23. The van der Waals surface area contributed by atoms with Crippen LogP contribution in [0, 0.1) is 6.92 Å². The van der Waals surface area contributed by atoms with E-state index < -0.39 is 0 Å². The maximum absolute atomic E-state index is 12.1. The number of rotatable bonds is 8. The first-order valence-corrected chi connectivity index (χ1v) is 9.10. The molecule has 0 spiro atoms. The lowest BCUT2D eigenvalue weighted by Crippen LogP contribution is -2.19. The van der Waals surface area contributed by atoms with E-state index >= 15 is 0 Å². The smallest absolute Gasteiger partial charge is 0.323 e. The van der Waals surface area contributed by atoms with E-state index in [9.17, 15) is 4.79 Å². The molecule has 0 saturated carbocycles. The number of anilines is 3. The van der Waals surface area contributed by atoms with E-state index in [4.69, 9.17) is 9.47 Å². The predicted molar refractivity (Wildman–Crippen MR) is 113 cm³/mol. The molecule has 0 aliphatic rings. The zero-order valence-corrected chi connectivity index (χ0v) is 16.3. The van der Waals surface area contributed by atoms with Crippen LogP contribution in [-0.2, 0) is 4.74 Å². The Bertz CT molecular complexity index is 930. The second kappa shape index (κ2) is 10.0. The summed E-state index contributed by atoms with van der Waals surface area (Å²) in [5.41, 5.74) is 2.51. The van der Waals surface area contributed by atoms with Gasteiger partial charge in [0.1, 0.15) is 17.9 Å². The van der Waals surface area contributed by atoms with E-state index in [-0.39, 0.29) is 6.03 Å². The van der Waals surface area contributed by atoms with Crippen molar-refractivity contribution in [1.82, 2.24) is 9.97 Å². The molecule has 0 aliphatic heterocycles. The first kappa shape index (κ1) is 20.1. The summed E-state index contributed by atoms with van der Waals surface area (Å²) in [6, 6.07) is 16.0. The van der Waals surface area contributed by atoms with Gasteiger partial charge in [-0.2, -0.15) is 0 Å². The van der Waals surface area contributed by atoms with Crippen molar-refractivity contribution < 1.29 is 14.3 Å². The number of nitrogens with one attached hydrogen (secondary N) is 3. The minimum atomic E-state index is -0.315. The summed E-state index contributed by atoms with van der Waals surface area (Å²) >= 11 is 0. The van der Waals surface area contributed by atoms with Crippen LogP contribution in [0.25, 0.3) is 0 Å². The molecule has 1 aromatic heterocycles. The van der Waals surface area contributed by atoms with Gasteiger partial charge in [0.15, 0.2) is 0 Å². The van der Waals surface area contributed by atoms with Gasteiger partial charge in [0.05, 0.1) is 6.61 Å². The third-order valence-corrected chi connectivity index (χ3v) is 3.90. The Kier molecular flexibility index (Phi) is 6.96. The van der Waals surface area contributed by atoms with Crippen LogP contribution in [0.2, 0.25) is 0 Å². The van der Waals surface area contributed by atoms with Crippen molar-refractivity contribution in [3.05, 3.63) is 66.5 Å². The number of benzene rings is 2. The zero-order chi connectivity index (χ0) is 20.5. The van der Waals surface area contributed by atoms with Crippen molar-refractivity contribution in [2.75, 3.05) is 36.2 Å². The molecule has 3 aromatic rings. The molecule has 150 valence electrons. The van der Waals surface area contributed by atoms with Crippen molar-refractivity contribution in [3.8, 4) is 11.6 Å². The van der Waals surface area contributed by atoms with E-state index in [0.717, 1.165) is 11.3 Å². The monoisotopic (exact) mass is 393 g/mol. The molecule has 3 N–H and O–H groups in total. The molecule has 29 heavy (non-hydrogen) atoms. The van der Waals surface area contributed by atoms with Crippen LogP contribution in [0.4, 0.5) is 22.0 Å². The molecule has 0 aliphatic carbocycles. The molecule has 0 radical (unpaired) electrons. The Labute approximate surface area is 169 Å². The number of ether oxygens (including phenoxy) is 2. The fraction of sp³-hybridized carbons (Fsp3) is 0.190. The van der Waals surface area contributed by atoms with Gasteiger partial charge >= 0.3 is 6.03 Å². The van der Waals surface area contributed by atoms with E-state index in [1.165, 1.54) is 6.33 Å². The Morgan fingerprint density at radius 1 is 0.966 bits per heavy atom. The average molecular weight is 393 g/mol. The van der Waals surface area contributed by atoms with Crippen LogP contribution in [0.15, 0.2) is 60.9 Å². The number of aromatic nitrogens is 2. The summed E-state index contributed by atoms with van der Waals surface area (Å²) in [7, 11) is 1.64. The number of hydrogen-bond donors (Lipinski definition) is 3. The lowest BCUT2D eigenvalue weighted by Gasteiger charge is -2.10. The number of aryl methyl sites for hydroxylation is 1. The summed E-state index contributed by atoms with van der Waals surface area (Å²) in [6.45, 7) is 3.21. The molecular weight excluding hydrogens is 370 g/mol. The van der Waals surface area contributed by atoms with E-state index in [0.29, 0.717) is 36.3 Å². The minimum absolute atomic E-state index is 0.315. The highest BCUT2D eigenvalue weighted by molar-refractivity contribution is 5.99. The van der Waals surface area contributed by atoms with Gasteiger partial charge in [0, 0.05) is 31.1 Å². The molecule has 0 unspecified atom stereocenters. The SMILES string of the molecule is COCCNc1cc(Oc2ccc(NC(=O)Nc3ccc(C)cc3)cc2)ncn1. The summed E-state index contributed by atoms with van der Waals surface area (Å²) < 4.78 is 10.7. The van der Waals surface area contributed by atoms with Gasteiger partial charge < -0.3 is 25.4 Å². The van der Waals surface area contributed by atoms with Crippen molar-refractivity contribution in [2.45, 2.75) is 6.92 Å². The van der Waals surface area contributed by atoms with E-state index in [2.05, 4.69) is 25.9 Å². The average Bonchev–Trinajstić information content (AvgIpc) is 2.72. The molecule has 8 heteroatoms. The second-order valence-corrected chi connectivity index (χ2v) is 6.23. The Morgan fingerprint density at radius 2 is 1.62 bits per heavy atom. The number of nitrogens with zero attached hydrogens (tertiary/aromatic N) is 2. The largest absolute Gasteiger partial charge is 0.439 e. The van der Waals surface area contributed by atoms with Crippen molar-refractivity contribution >= 4 is 23.2 Å². The van der Waals surface area contributed by atoms with Crippen LogP contribution in [0.3, 0.4) is 0 Å². The highest BCUT2D eigenvalue weighted by Gasteiger charge is 2.05. The molecule has 8 nitrogen and oxygen atoms in total. The van der Waals surface area contributed by atoms with Gasteiger partial charge in [-0.1, -0.05) is 17.7 Å². The quantitative estimate of drug-likeness (QED) is 0.494. The molecule has 0 fully saturated rings. The van der Waals surface area contributed by atoms with Crippen molar-refractivity contribution in [1.29, 1.82) is 0 Å². The number of urea groups is 1. The van der Waals surface area contributed by atoms with Gasteiger partial charge in [-0.25, -0.2) is 14.8 Å². The summed E-state index contributed by atoms with van der Waals surface area (Å²) in [4.78, 5) is 20.3. The normalized spacial score (nSPS) is 10.3. The molecule has 0 atom stereocenters. The van der Waals surface area contributed by atoms with Crippen LogP contribution in [0.1, 0.15) is 5.56 Å². The Morgan fingerprint density at radius 3 is 2.28 bits per heavy atom. The molecule has 2 amide bonds. The van der Waals surface area contributed by atoms with Crippen LogP contribution >= 0.6 is 0 Å². The van der Waals surface area contributed by atoms with Gasteiger partial charge in [-0.15, -0.1) is 0 Å².